The van der Waals surface area contributed by atoms with Crippen LogP contribution in [0.1, 0.15) is 23.7 Å². The first-order chi connectivity index (χ1) is 7.58. The van der Waals surface area contributed by atoms with E-state index in [1.807, 2.05) is 6.92 Å². The zero-order chi connectivity index (χ0) is 12.1. The molecule has 0 fully saturated rings. The highest BCUT2D eigenvalue weighted by molar-refractivity contribution is 6.31. The molecule has 0 aliphatic carbocycles. The second kappa shape index (κ2) is 5.53. The van der Waals surface area contributed by atoms with E-state index in [4.69, 9.17) is 18.0 Å². The quantitative estimate of drug-likeness (QED) is 0.808. The molecule has 1 aromatic rings. The first-order valence-electron chi connectivity index (χ1n) is 4.80. The standard InChI is InChI=1S/C12H11ClFNO/c1-3-9(4-2)15-12(16)10-7-8(13)5-6-11(10)14/h1,5-7,9H,4H2,2H3,(H,15,16). The predicted molar refractivity (Wildman–Crippen MR) is 61.8 cm³/mol. The highest BCUT2D eigenvalue weighted by Crippen LogP contribution is 2.14. The van der Waals surface area contributed by atoms with Crippen LogP contribution in [0.2, 0.25) is 5.02 Å². The molecule has 0 spiro atoms. The number of rotatable bonds is 3. The molecule has 0 heterocycles. The fraction of sp³-hybridized carbons (Fsp3) is 0.250. The molecule has 0 saturated heterocycles. The summed E-state index contributed by atoms with van der Waals surface area (Å²) in [7, 11) is 0. The normalized spacial score (nSPS) is 11.6. The SMILES string of the molecule is C#CC(CC)NC(=O)c1cc(Cl)ccc1F. The van der Waals surface area contributed by atoms with E-state index in [2.05, 4.69) is 11.2 Å². The Morgan fingerprint density at radius 1 is 1.69 bits per heavy atom. The van der Waals surface area contributed by atoms with Gasteiger partial charge in [0.2, 0.25) is 0 Å². The second-order valence-electron chi connectivity index (χ2n) is 3.23. The van der Waals surface area contributed by atoms with Crippen molar-refractivity contribution in [2.75, 3.05) is 0 Å². The van der Waals surface area contributed by atoms with Crippen LogP contribution in [0, 0.1) is 18.2 Å². The fourth-order valence-corrected chi connectivity index (χ4v) is 1.34. The number of benzene rings is 1. The molecule has 4 heteroatoms. The van der Waals surface area contributed by atoms with E-state index in [1.54, 1.807) is 0 Å². The third-order valence-corrected chi connectivity index (χ3v) is 2.32. The summed E-state index contributed by atoms with van der Waals surface area (Å²) in [4.78, 5) is 11.6. The van der Waals surface area contributed by atoms with Gasteiger partial charge in [-0.25, -0.2) is 4.39 Å². The molecular weight excluding hydrogens is 229 g/mol. The lowest BCUT2D eigenvalue weighted by atomic mass is 10.1. The third-order valence-electron chi connectivity index (χ3n) is 2.09. The van der Waals surface area contributed by atoms with Gasteiger partial charge < -0.3 is 5.32 Å². The van der Waals surface area contributed by atoms with Crippen molar-refractivity contribution in [3.63, 3.8) is 0 Å². The molecule has 1 N–H and O–H groups in total. The number of nitrogens with one attached hydrogen (secondary N) is 1. The number of carbonyl (C=O) groups is 1. The van der Waals surface area contributed by atoms with Crippen LogP contribution in [0.25, 0.3) is 0 Å². The van der Waals surface area contributed by atoms with Crippen LogP contribution in [0.3, 0.4) is 0 Å². The van der Waals surface area contributed by atoms with Crippen molar-refractivity contribution in [3.05, 3.63) is 34.6 Å². The van der Waals surface area contributed by atoms with Gasteiger partial charge in [-0.2, -0.15) is 0 Å². The Hall–Kier alpha value is -1.53. The highest BCUT2D eigenvalue weighted by Gasteiger charge is 2.14. The maximum atomic E-state index is 13.3. The van der Waals surface area contributed by atoms with Gasteiger partial charge in [-0.3, -0.25) is 4.79 Å². The summed E-state index contributed by atoms with van der Waals surface area (Å²) in [6.45, 7) is 1.83. The molecule has 16 heavy (non-hydrogen) atoms. The maximum absolute atomic E-state index is 13.3. The zero-order valence-electron chi connectivity index (χ0n) is 8.76. The van der Waals surface area contributed by atoms with Crippen LogP contribution in [0.5, 0.6) is 0 Å². The van der Waals surface area contributed by atoms with Crippen LogP contribution < -0.4 is 5.32 Å². The van der Waals surface area contributed by atoms with E-state index in [0.29, 0.717) is 11.4 Å². The van der Waals surface area contributed by atoms with E-state index in [1.165, 1.54) is 12.1 Å². The average molecular weight is 240 g/mol. The van der Waals surface area contributed by atoms with Crippen LogP contribution in [-0.4, -0.2) is 11.9 Å². The number of carbonyl (C=O) groups excluding carboxylic acids is 1. The maximum Gasteiger partial charge on any atom is 0.255 e. The van der Waals surface area contributed by atoms with Gasteiger partial charge in [0, 0.05) is 5.02 Å². The largest absolute Gasteiger partial charge is 0.338 e. The van der Waals surface area contributed by atoms with Gasteiger partial charge in [0.1, 0.15) is 5.82 Å². The predicted octanol–water partition coefficient (Wildman–Crippen LogP) is 2.62. The molecule has 1 atom stereocenters. The Balaban J connectivity index is 2.89. The van der Waals surface area contributed by atoms with Crippen LogP contribution >= 0.6 is 11.6 Å². The minimum absolute atomic E-state index is 0.0961. The summed E-state index contributed by atoms with van der Waals surface area (Å²) in [6, 6.07) is 3.40. The van der Waals surface area contributed by atoms with Gasteiger partial charge in [-0.1, -0.05) is 24.4 Å². The minimum atomic E-state index is -0.617. The number of halogens is 2. The number of terminal acetylenes is 1. The van der Waals surface area contributed by atoms with Crippen molar-refractivity contribution in [1.29, 1.82) is 0 Å². The third kappa shape index (κ3) is 2.98. The van der Waals surface area contributed by atoms with Crippen LogP contribution in [0.4, 0.5) is 4.39 Å². The Morgan fingerprint density at radius 2 is 2.38 bits per heavy atom. The van der Waals surface area contributed by atoms with Gasteiger partial charge in [-0.05, 0) is 24.6 Å². The zero-order valence-corrected chi connectivity index (χ0v) is 9.51. The van der Waals surface area contributed by atoms with Gasteiger partial charge >= 0.3 is 0 Å². The summed E-state index contributed by atoms with van der Waals surface area (Å²) in [6.07, 6.45) is 5.78. The molecule has 1 rings (SSSR count). The molecule has 0 bridgehead atoms. The van der Waals surface area contributed by atoms with Crippen molar-refractivity contribution >= 4 is 17.5 Å². The highest BCUT2D eigenvalue weighted by atomic mass is 35.5. The second-order valence-corrected chi connectivity index (χ2v) is 3.66. The molecule has 1 amide bonds. The van der Waals surface area contributed by atoms with Crippen molar-refractivity contribution in [2.24, 2.45) is 0 Å². The summed E-state index contributed by atoms with van der Waals surface area (Å²) in [5.41, 5.74) is -0.0961. The fourth-order valence-electron chi connectivity index (χ4n) is 1.17. The van der Waals surface area contributed by atoms with Gasteiger partial charge in [0.05, 0.1) is 11.6 Å². The Morgan fingerprint density at radius 3 is 2.94 bits per heavy atom. The summed E-state index contributed by atoms with van der Waals surface area (Å²) < 4.78 is 13.3. The van der Waals surface area contributed by atoms with Gasteiger partial charge in [-0.15, -0.1) is 6.42 Å². The summed E-state index contributed by atoms with van der Waals surface area (Å²) >= 11 is 5.68. The Kier molecular flexibility index (Phi) is 4.33. The van der Waals surface area contributed by atoms with E-state index in [0.717, 1.165) is 6.07 Å². The molecule has 2 nitrogen and oxygen atoms in total. The van der Waals surface area contributed by atoms with Crippen molar-refractivity contribution in [2.45, 2.75) is 19.4 Å². The number of hydrogen-bond acceptors (Lipinski definition) is 1. The first-order valence-corrected chi connectivity index (χ1v) is 5.18. The average Bonchev–Trinajstić information content (AvgIpc) is 2.28. The number of hydrogen-bond donors (Lipinski definition) is 1. The molecule has 1 aromatic carbocycles. The van der Waals surface area contributed by atoms with Crippen molar-refractivity contribution in [3.8, 4) is 12.3 Å². The monoisotopic (exact) mass is 239 g/mol. The summed E-state index contributed by atoms with van der Waals surface area (Å²) in [5, 5.41) is 2.83. The molecule has 0 radical (unpaired) electrons. The molecule has 0 saturated carbocycles. The Labute approximate surface area is 98.8 Å². The van der Waals surface area contributed by atoms with E-state index in [9.17, 15) is 9.18 Å². The summed E-state index contributed by atoms with van der Waals surface area (Å²) in [5.74, 6) is 1.23. The van der Waals surface area contributed by atoms with Crippen molar-refractivity contribution < 1.29 is 9.18 Å². The van der Waals surface area contributed by atoms with Gasteiger partial charge in [0.25, 0.3) is 5.91 Å². The van der Waals surface area contributed by atoms with E-state index < -0.39 is 17.8 Å². The van der Waals surface area contributed by atoms with Gasteiger partial charge in [0.15, 0.2) is 0 Å². The molecule has 0 aliphatic rings. The molecule has 1 unspecified atom stereocenters. The smallest absolute Gasteiger partial charge is 0.255 e. The van der Waals surface area contributed by atoms with Crippen LogP contribution in [0.15, 0.2) is 18.2 Å². The molecular formula is C12H11ClFNO. The lowest BCUT2D eigenvalue weighted by molar-refractivity contribution is 0.0941. The molecule has 0 aliphatic heterocycles. The molecule has 0 aromatic heterocycles. The Bertz CT molecular complexity index is 439. The minimum Gasteiger partial charge on any atom is -0.338 e. The lowest BCUT2D eigenvalue weighted by Crippen LogP contribution is -2.33. The first kappa shape index (κ1) is 12.5. The van der Waals surface area contributed by atoms with Crippen LogP contribution in [-0.2, 0) is 0 Å². The van der Waals surface area contributed by atoms with E-state index in [-0.39, 0.29) is 5.56 Å². The molecule has 84 valence electrons. The van der Waals surface area contributed by atoms with Crippen molar-refractivity contribution in [1.82, 2.24) is 5.32 Å². The topological polar surface area (TPSA) is 29.1 Å². The van der Waals surface area contributed by atoms with E-state index >= 15 is 0 Å². The number of amides is 1. The lowest BCUT2D eigenvalue weighted by Gasteiger charge is -2.11.